The lowest BCUT2D eigenvalue weighted by Crippen LogP contribution is -2.49. The minimum Gasteiger partial charge on any atom is -0.481 e. The predicted molar refractivity (Wildman–Crippen MR) is 99.2 cm³/mol. The topological polar surface area (TPSA) is 95.9 Å². The molecule has 2 amide bonds. The van der Waals surface area contributed by atoms with Gasteiger partial charge in [0.2, 0.25) is 11.8 Å². The maximum atomic E-state index is 12.3. The fourth-order valence-corrected chi connectivity index (χ4v) is 3.23. The maximum absolute atomic E-state index is 12.3. The summed E-state index contributed by atoms with van der Waals surface area (Å²) in [4.78, 5) is 36.9. The van der Waals surface area contributed by atoms with Crippen molar-refractivity contribution in [3.63, 3.8) is 0 Å². The van der Waals surface area contributed by atoms with Gasteiger partial charge in [-0.25, -0.2) is 0 Å². The number of rotatable bonds is 6. The quantitative estimate of drug-likeness (QED) is 0.797. The molecule has 0 spiro atoms. The third-order valence-electron chi connectivity index (χ3n) is 4.56. The van der Waals surface area contributed by atoms with E-state index in [4.69, 9.17) is 9.84 Å². The Morgan fingerprint density at radius 2 is 1.93 bits per heavy atom. The first-order chi connectivity index (χ1) is 13.0. The van der Waals surface area contributed by atoms with Gasteiger partial charge in [0.25, 0.3) is 0 Å². The molecule has 1 unspecified atom stereocenters. The first kappa shape index (κ1) is 18.8. The van der Waals surface area contributed by atoms with Crippen LogP contribution in [-0.2, 0) is 25.5 Å². The number of nitrogens with zero attached hydrogens (tertiary/aromatic N) is 1. The van der Waals surface area contributed by atoms with Crippen molar-refractivity contribution in [1.82, 2.24) is 10.2 Å². The van der Waals surface area contributed by atoms with Crippen LogP contribution in [-0.4, -0.2) is 60.1 Å². The van der Waals surface area contributed by atoms with Crippen LogP contribution in [0.2, 0.25) is 0 Å². The predicted octanol–water partition coefficient (Wildman–Crippen LogP) is 1.20. The number of ether oxygens (including phenoxy) is 1. The molecule has 7 nitrogen and oxygen atoms in total. The molecule has 0 radical (unpaired) electrons. The standard InChI is InChI=1S/C20H22N2O5/c23-18(10-15-6-3-5-14-4-1-2-7-17(14)15)21-12-19(24)22-8-9-27-16(13-22)11-20(25)26/h1-7,16H,8-13H2,(H,21,23)(H,25,26). The van der Waals surface area contributed by atoms with Crippen LogP contribution in [0.3, 0.4) is 0 Å². The van der Waals surface area contributed by atoms with Gasteiger partial charge in [-0.2, -0.15) is 0 Å². The number of hydrogen-bond acceptors (Lipinski definition) is 4. The summed E-state index contributed by atoms with van der Waals surface area (Å²) in [5.41, 5.74) is 0.908. The molecule has 0 aliphatic carbocycles. The highest BCUT2D eigenvalue weighted by molar-refractivity contribution is 5.91. The van der Waals surface area contributed by atoms with E-state index < -0.39 is 12.1 Å². The smallest absolute Gasteiger partial charge is 0.306 e. The van der Waals surface area contributed by atoms with Gasteiger partial charge in [-0.3, -0.25) is 14.4 Å². The van der Waals surface area contributed by atoms with Gasteiger partial charge in [0, 0.05) is 13.1 Å². The molecule has 2 N–H and O–H groups in total. The van der Waals surface area contributed by atoms with Crippen LogP contribution >= 0.6 is 0 Å². The molecule has 1 fully saturated rings. The zero-order valence-electron chi connectivity index (χ0n) is 14.9. The van der Waals surface area contributed by atoms with E-state index in [2.05, 4.69) is 5.32 Å². The molecule has 1 saturated heterocycles. The average Bonchev–Trinajstić information content (AvgIpc) is 2.66. The Bertz CT molecular complexity index is 846. The molecule has 27 heavy (non-hydrogen) atoms. The van der Waals surface area contributed by atoms with Crippen LogP contribution in [0.5, 0.6) is 0 Å². The summed E-state index contributed by atoms with van der Waals surface area (Å²) in [7, 11) is 0. The highest BCUT2D eigenvalue weighted by atomic mass is 16.5. The second kappa shape index (κ2) is 8.64. The number of hydrogen-bond donors (Lipinski definition) is 2. The van der Waals surface area contributed by atoms with Crippen LogP contribution in [0, 0.1) is 0 Å². The summed E-state index contributed by atoms with van der Waals surface area (Å²) >= 11 is 0. The number of carbonyl (C=O) groups is 3. The van der Waals surface area contributed by atoms with Gasteiger partial charge in [0.15, 0.2) is 0 Å². The minimum absolute atomic E-state index is 0.108. The van der Waals surface area contributed by atoms with E-state index in [-0.39, 0.29) is 37.7 Å². The molecule has 2 aromatic rings. The Morgan fingerprint density at radius 1 is 1.15 bits per heavy atom. The van der Waals surface area contributed by atoms with Gasteiger partial charge < -0.3 is 20.1 Å². The summed E-state index contributed by atoms with van der Waals surface area (Å²) < 4.78 is 5.35. The van der Waals surface area contributed by atoms with Crippen molar-refractivity contribution in [2.45, 2.75) is 18.9 Å². The van der Waals surface area contributed by atoms with Gasteiger partial charge in [-0.15, -0.1) is 0 Å². The maximum Gasteiger partial charge on any atom is 0.306 e. The van der Waals surface area contributed by atoms with Crippen molar-refractivity contribution in [2.24, 2.45) is 0 Å². The molecule has 1 atom stereocenters. The Hall–Kier alpha value is -2.93. The molecule has 3 rings (SSSR count). The minimum atomic E-state index is -0.960. The SMILES string of the molecule is O=C(O)CC1CN(C(=O)CNC(=O)Cc2cccc3ccccc23)CCO1. The van der Waals surface area contributed by atoms with Gasteiger partial charge in [-0.05, 0) is 16.3 Å². The third-order valence-corrected chi connectivity index (χ3v) is 4.56. The number of carbonyl (C=O) groups excluding carboxylic acids is 2. The summed E-state index contributed by atoms with van der Waals surface area (Å²) in [5, 5.41) is 13.6. The lowest BCUT2D eigenvalue weighted by atomic mass is 10.0. The van der Waals surface area contributed by atoms with Crippen molar-refractivity contribution in [1.29, 1.82) is 0 Å². The molecule has 142 valence electrons. The van der Waals surface area contributed by atoms with Gasteiger partial charge in [0.05, 0.1) is 32.1 Å². The Morgan fingerprint density at radius 3 is 2.74 bits per heavy atom. The molecule has 1 heterocycles. The van der Waals surface area contributed by atoms with Crippen LogP contribution in [0.25, 0.3) is 10.8 Å². The van der Waals surface area contributed by atoms with Gasteiger partial charge in [-0.1, -0.05) is 42.5 Å². The van der Waals surface area contributed by atoms with Crippen LogP contribution in [0.15, 0.2) is 42.5 Å². The summed E-state index contributed by atoms with van der Waals surface area (Å²) in [6.45, 7) is 0.815. The fraction of sp³-hybridized carbons (Fsp3) is 0.350. The van der Waals surface area contributed by atoms with E-state index in [9.17, 15) is 14.4 Å². The molecular formula is C20H22N2O5. The Labute approximate surface area is 156 Å². The number of amides is 2. The fourth-order valence-electron chi connectivity index (χ4n) is 3.23. The van der Waals surface area contributed by atoms with E-state index in [1.807, 2.05) is 42.5 Å². The number of carboxylic acids is 1. The number of carboxylic acid groups (broad SMARTS) is 1. The first-order valence-electron chi connectivity index (χ1n) is 8.87. The van der Waals surface area contributed by atoms with Gasteiger partial charge >= 0.3 is 5.97 Å². The molecule has 0 saturated carbocycles. The second-order valence-corrected chi connectivity index (χ2v) is 6.52. The second-order valence-electron chi connectivity index (χ2n) is 6.52. The number of morpholine rings is 1. The molecule has 1 aliphatic heterocycles. The van der Waals surface area contributed by atoms with E-state index >= 15 is 0 Å². The molecule has 2 aromatic carbocycles. The lowest BCUT2D eigenvalue weighted by molar-refractivity contribution is -0.147. The van der Waals surface area contributed by atoms with Crippen LogP contribution in [0.4, 0.5) is 0 Å². The highest BCUT2D eigenvalue weighted by Crippen LogP contribution is 2.18. The monoisotopic (exact) mass is 370 g/mol. The normalized spacial score (nSPS) is 16.9. The molecular weight excluding hydrogens is 348 g/mol. The Kier molecular flexibility index (Phi) is 6.03. The summed E-state index contributed by atoms with van der Waals surface area (Å²) in [6, 6.07) is 13.6. The van der Waals surface area contributed by atoms with E-state index in [0.29, 0.717) is 13.2 Å². The van der Waals surface area contributed by atoms with Crippen molar-refractivity contribution in [3.8, 4) is 0 Å². The zero-order valence-corrected chi connectivity index (χ0v) is 14.9. The van der Waals surface area contributed by atoms with E-state index in [1.54, 1.807) is 0 Å². The number of benzene rings is 2. The van der Waals surface area contributed by atoms with Crippen molar-refractivity contribution in [2.75, 3.05) is 26.2 Å². The molecule has 0 bridgehead atoms. The Balaban J connectivity index is 1.52. The third kappa shape index (κ3) is 5.04. The molecule has 0 aromatic heterocycles. The van der Waals surface area contributed by atoms with Crippen molar-refractivity contribution < 1.29 is 24.2 Å². The molecule has 1 aliphatic rings. The molecule has 7 heteroatoms. The first-order valence-corrected chi connectivity index (χ1v) is 8.87. The average molecular weight is 370 g/mol. The summed E-state index contributed by atoms with van der Waals surface area (Å²) in [6.07, 6.45) is -0.456. The van der Waals surface area contributed by atoms with Crippen LogP contribution in [0.1, 0.15) is 12.0 Å². The van der Waals surface area contributed by atoms with E-state index in [1.165, 1.54) is 4.90 Å². The van der Waals surface area contributed by atoms with Crippen molar-refractivity contribution in [3.05, 3.63) is 48.0 Å². The van der Waals surface area contributed by atoms with E-state index in [0.717, 1.165) is 16.3 Å². The zero-order chi connectivity index (χ0) is 19.2. The number of nitrogens with one attached hydrogen (secondary N) is 1. The largest absolute Gasteiger partial charge is 0.481 e. The number of fused-ring (bicyclic) bond motifs is 1. The van der Waals surface area contributed by atoms with Crippen molar-refractivity contribution >= 4 is 28.6 Å². The highest BCUT2D eigenvalue weighted by Gasteiger charge is 2.26. The summed E-state index contributed by atoms with van der Waals surface area (Å²) in [5.74, 6) is -1.42. The van der Waals surface area contributed by atoms with Crippen LogP contribution < -0.4 is 5.32 Å². The number of aliphatic carboxylic acids is 1. The van der Waals surface area contributed by atoms with Gasteiger partial charge in [0.1, 0.15) is 0 Å². The lowest BCUT2D eigenvalue weighted by Gasteiger charge is -2.32.